The Morgan fingerprint density at radius 2 is 1.68 bits per heavy atom. The fraction of sp³-hybridized carbons (Fsp3) is 0.357. The normalized spacial score (nSPS) is 22.2. The molecule has 1 fully saturated rings. The molecule has 0 spiro atoms. The Bertz CT molecular complexity index is 1400. The number of aliphatic hydroxyl groups excluding tert-OH is 1. The molecule has 0 aliphatic carbocycles. The van der Waals surface area contributed by atoms with Gasteiger partial charge in [0.2, 0.25) is 0 Å². The minimum absolute atomic E-state index is 0.0548. The second-order valence-electron chi connectivity index (χ2n) is 9.45. The first-order valence-electron chi connectivity index (χ1n) is 13.0. The van der Waals surface area contributed by atoms with Crippen molar-refractivity contribution in [2.45, 2.75) is 49.2 Å². The molecule has 1 unspecified atom stereocenters. The molecule has 8 nitrogen and oxygen atoms in total. The van der Waals surface area contributed by atoms with Gasteiger partial charge in [0.25, 0.3) is 0 Å². The molecule has 4 atom stereocenters. The molecule has 12 heteroatoms. The van der Waals surface area contributed by atoms with Crippen LogP contribution in [0.1, 0.15) is 19.8 Å². The summed E-state index contributed by atoms with van der Waals surface area (Å²) in [6.07, 6.45) is -4.84. The molecule has 2 aliphatic heterocycles. The van der Waals surface area contributed by atoms with Crippen LogP contribution in [-0.2, 0) is 14.7 Å². The van der Waals surface area contributed by atoms with Gasteiger partial charge in [0.05, 0.1) is 41.1 Å². The Morgan fingerprint density at radius 3 is 2.27 bits per heavy atom. The predicted octanol–water partition coefficient (Wildman–Crippen LogP) is 5.79. The Morgan fingerprint density at radius 1 is 1.05 bits per heavy atom. The van der Waals surface area contributed by atoms with E-state index in [0.29, 0.717) is 30.9 Å². The summed E-state index contributed by atoms with van der Waals surface area (Å²) in [5.41, 5.74) is 1.56. The minimum atomic E-state index is -4.85. The number of para-hydroxylation sites is 4. The van der Waals surface area contributed by atoms with E-state index in [9.17, 15) is 22.5 Å². The van der Waals surface area contributed by atoms with Crippen LogP contribution in [0.3, 0.4) is 0 Å². The van der Waals surface area contributed by atoms with Crippen LogP contribution in [0.4, 0.5) is 24.5 Å². The van der Waals surface area contributed by atoms with E-state index >= 15 is 0 Å². The zero-order valence-corrected chi connectivity index (χ0v) is 22.5. The third-order valence-electron chi connectivity index (χ3n) is 6.65. The van der Waals surface area contributed by atoms with E-state index in [1.54, 1.807) is 0 Å². The molecule has 3 aromatic rings. The molecule has 2 N–H and O–H groups in total. The summed E-state index contributed by atoms with van der Waals surface area (Å²) in [7, 11) is -3.36. The van der Waals surface area contributed by atoms with Crippen molar-refractivity contribution in [3.8, 4) is 17.2 Å². The van der Waals surface area contributed by atoms with Gasteiger partial charge in [-0.3, -0.25) is 0 Å². The van der Waals surface area contributed by atoms with Crippen LogP contribution in [0, 0.1) is 0 Å². The van der Waals surface area contributed by atoms with Crippen LogP contribution in [0.2, 0.25) is 0 Å². The molecule has 3 aromatic carbocycles. The van der Waals surface area contributed by atoms with E-state index in [-0.39, 0.29) is 18.0 Å². The van der Waals surface area contributed by atoms with Gasteiger partial charge >= 0.3 is 6.36 Å². The van der Waals surface area contributed by atoms with Crippen LogP contribution >= 0.6 is 0 Å². The Kier molecular flexibility index (Phi) is 8.22. The summed E-state index contributed by atoms with van der Waals surface area (Å²) in [6.45, 7) is 2.51. The number of nitrogens with zero attached hydrogens (tertiary/aromatic N) is 2. The molecule has 2 heterocycles. The van der Waals surface area contributed by atoms with Crippen LogP contribution < -0.4 is 19.1 Å². The lowest BCUT2D eigenvalue weighted by Crippen LogP contribution is -2.54. The summed E-state index contributed by atoms with van der Waals surface area (Å²) >= 11 is 0. The highest BCUT2D eigenvalue weighted by molar-refractivity contribution is 7.91. The van der Waals surface area contributed by atoms with Crippen LogP contribution in [0.25, 0.3) is 0 Å². The molecular weight excluding hydrogens is 547 g/mol. The zero-order valence-electron chi connectivity index (χ0n) is 21.7. The molecule has 0 radical (unpaired) electrons. The fourth-order valence-corrected chi connectivity index (χ4v) is 6.78. The number of halogens is 3. The van der Waals surface area contributed by atoms with Gasteiger partial charge < -0.3 is 24.2 Å². The molecule has 0 amide bonds. The minimum Gasteiger partial charge on any atom is -0.453 e. The van der Waals surface area contributed by atoms with Gasteiger partial charge in [-0.25, -0.2) is 13.3 Å². The van der Waals surface area contributed by atoms with Crippen molar-refractivity contribution in [2.24, 2.45) is 4.36 Å². The first-order valence-corrected chi connectivity index (χ1v) is 14.5. The van der Waals surface area contributed by atoms with E-state index in [0.717, 1.165) is 23.5 Å². The molecule has 0 aromatic heterocycles. The number of aliphatic hydroxyl groups is 1. The van der Waals surface area contributed by atoms with Gasteiger partial charge in [0.1, 0.15) is 15.7 Å². The number of rotatable bonds is 7. The van der Waals surface area contributed by atoms with Gasteiger partial charge in [-0.05, 0) is 61.4 Å². The van der Waals surface area contributed by atoms with E-state index in [2.05, 4.69) is 13.8 Å². The molecule has 40 heavy (non-hydrogen) atoms. The highest BCUT2D eigenvalue weighted by Crippen LogP contribution is 2.48. The average molecular weight is 578 g/mol. The molecule has 214 valence electrons. The van der Waals surface area contributed by atoms with Crippen LogP contribution in [0.5, 0.6) is 17.2 Å². The van der Waals surface area contributed by atoms with Crippen molar-refractivity contribution in [3.05, 3.63) is 72.8 Å². The Labute approximate surface area is 231 Å². The van der Waals surface area contributed by atoms with E-state index in [1.165, 1.54) is 12.1 Å². The number of hydrogen-bond acceptors (Lipinski definition) is 7. The van der Waals surface area contributed by atoms with Gasteiger partial charge in [0, 0.05) is 13.2 Å². The monoisotopic (exact) mass is 577 g/mol. The molecule has 2 aliphatic rings. The number of nitrogens with one attached hydrogen (secondary N) is 1. The number of hydrogen-bond donors (Lipinski definition) is 2. The Hall–Kier alpha value is -3.32. The summed E-state index contributed by atoms with van der Waals surface area (Å²) < 4.78 is 75.4. The first-order chi connectivity index (χ1) is 19.2. The standard InChI is InChI=1S/C28H30F3N3O5S/c1-2-16-32-40(36,20-13-11-19(12-14-20)39-28(29,30)31)33-21-18-37-17-15-24(27(21)35)34-22-7-3-5-9-25(22)38-26-10-6-4-8-23(26)34/h3-14,21,24,27,35H,2,15-18H2,1H3,(H,32,33,36)/t21-,24+,27+,40?/m0/s1. The highest BCUT2D eigenvalue weighted by atomic mass is 32.2. The number of benzene rings is 3. The number of anilines is 2. The van der Waals surface area contributed by atoms with Crippen molar-refractivity contribution in [1.82, 2.24) is 4.72 Å². The third kappa shape index (κ3) is 6.04. The first kappa shape index (κ1) is 28.2. The summed E-state index contributed by atoms with van der Waals surface area (Å²) in [6, 6.07) is 18.5. The van der Waals surface area contributed by atoms with Gasteiger partial charge in [-0.1, -0.05) is 31.2 Å². The average Bonchev–Trinajstić information content (AvgIpc) is 3.11. The summed E-state index contributed by atoms with van der Waals surface area (Å²) in [5, 5.41) is 11.8. The summed E-state index contributed by atoms with van der Waals surface area (Å²) in [5.74, 6) is 0.855. The van der Waals surface area contributed by atoms with E-state index in [1.807, 2.05) is 60.4 Å². The molecule has 0 saturated carbocycles. The van der Waals surface area contributed by atoms with Crippen molar-refractivity contribution >= 4 is 21.3 Å². The smallest absolute Gasteiger partial charge is 0.453 e. The SMILES string of the molecule is CCCN=S(=O)(N[C@H]1COCC[C@@H](N2c3ccccc3Oc3ccccc32)[C@@H]1O)c1ccc(OC(F)(F)F)cc1. The van der Waals surface area contributed by atoms with Gasteiger partial charge in [-0.2, -0.15) is 0 Å². The van der Waals surface area contributed by atoms with Crippen molar-refractivity contribution in [3.63, 3.8) is 0 Å². The van der Waals surface area contributed by atoms with Gasteiger partial charge in [0.15, 0.2) is 11.5 Å². The van der Waals surface area contributed by atoms with Crippen LogP contribution in [-0.4, -0.2) is 53.6 Å². The number of fused-ring (bicyclic) bond motifs is 2. The van der Waals surface area contributed by atoms with E-state index in [4.69, 9.17) is 9.47 Å². The van der Waals surface area contributed by atoms with Gasteiger partial charge in [-0.15, -0.1) is 13.2 Å². The third-order valence-corrected chi connectivity index (χ3v) is 8.73. The van der Waals surface area contributed by atoms with E-state index < -0.39 is 40.2 Å². The van der Waals surface area contributed by atoms with Crippen LogP contribution in [0.15, 0.2) is 82.1 Å². The topological polar surface area (TPSA) is 92.6 Å². The maximum atomic E-state index is 14.2. The lowest BCUT2D eigenvalue weighted by Gasteiger charge is -2.41. The van der Waals surface area contributed by atoms with Crippen molar-refractivity contribution < 1.29 is 36.7 Å². The molecule has 0 bridgehead atoms. The summed E-state index contributed by atoms with van der Waals surface area (Å²) in [4.78, 5) is 2.20. The zero-order chi connectivity index (χ0) is 28.3. The maximum Gasteiger partial charge on any atom is 0.573 e. The lowest BCUT2D eigenvalue weighted by molar-refractivity contribution is -0.274. The second-order valence-corrected chi connectivity index (χ2v) is 11.5. The van der Waals surface area contributed by atoms with Crippen molar-refractivity contribution in [1.29, 1.82) is 0 Å². The predicted molar refractivity (Wildman–Crippen MR) is 144 cm³/mol. The molecule has 1 saturated heterocycles. The van der Waals surface area contributed by atoms with Crippen molar-refractivity contribution in [2.75, 3.05) is 24.7 Å². The Balaban J connectivity index is 1.47. The highest BCUT2D eigenvalue weighted by Gasteiger charge is 2.40. The molecular formula is C28H30F3N3O5S. The number of alkyl halides is 3. The molecule has 5 rings (SSSR count). The fourth-order valence-electron chi connectivity index (χ4n) is 4.86. The maximum absolute atomic E-state index is 14.2. The lowest BCUT2D eigenvalue weighted by atomic mass is 9.98. The number of ether oxygens (including phenoxy) is 3. The quantitative estimate of drug-likeness (QED) is 0.370. The second kappa shape index (κ2) is 11.7. The largest absolute Gasteiger partial charge is 0.573 e.